The normalized spacial score (nSPS) is 11.6. The summed E-state index contributed by atoms with van der Waals surface area (Å²) in [6.07, 6.45) is 1.80. The average molecular weight is 379 g/mol. The van der Waals surface area contributed by atoms with E-state index in [4.69, 9.17) is 21.1 Å². The van der Waals surface area contributed by atoms with Crippen molar-refractivity contribution in [2.75, 3.05) is 0 Å². The van der Waals surface area contributed by atoms with Gasteiger partial charge in [-0.1, -0.05) is 67.3 Å². The smallest absolute Gasteiger partial charge is 0.127 e. The molecule has 0 aliphatic carbocycles. The molecule has 0 aliphatic rings. The summed E-state index contributed by atoms with van der Waals surface area (Å²) in [6, 6.07) is 24.0. The van der Waals surface area contributed by atoms with Gasteiger partial charge in [-0.25, -0.2) is 0 Å². The van der Waals surface area contributed by atoms with E-state index < -0.39 is 0 Å². The van der Waals surface area contributed by atoms with Crippen LogP contribution in [0.25, 0.3) is 6.08 Å². The molecule has 2 nitrogen and oxygen atoms in total. The van der Waals surface area contributed by atoms with Gasteiger partial charge in [-0.15, -0.1) is 11.6 Å². The first-order chi connectivity index (χ1) is 13.2. The highest BCUT2D eigenvalue weighted by Crippen LogP contribution is 2.23. The number of para-hydroxylation sites is 1. The lowest BCUT2D eigenvalue weighted by molar-refractivity contribution is 0.302. The number of halogens is 1. The Morgan fingerprint density at radius 1 is 0.852 bits per heavy atom. The lowest BCUT2D eigenvalue weighted by atomic mass is 10.1. The fraction of sp³-hybridized carbons (Fsp3) is 0.167. The van der Waals surface area contributed by atoms with Gasteiger partial charge < -0.3 is 9.47 Å². The number of rotatable bonds is 8. The van der Waals surface area contributed by atoms with Crippen molar-refractivity contribution < 1.29 is 9.47 Å². The molecule has 1 unspecified atom stereocenters. The second kappa shape index (κ2) is 9.29. The van der Waals surface area contributed by atoms with Crippen molar-refractivity contribution in [1.29, 1.82) is 0 Å². The zero-order valence-electron chi connectivity index (χ0n) is 15.4. The fourth-order valence-corrected chi connectivity index (χ4v) is 2.81. The molecule has 0 heterocycles. The third kappa shape index (κ3) is 5.38. The summed E-state index contributed by atoms with van der Waals surface area (Å²) in [4.78, 5) is 0. The SMILES string of the molecule is C=Cc1ccccc1OCc1ccc(COc2ccc(C(C)Cl)cc2)cc1. The van der Waals surface area contributed by atoms with Crippen LogP contribution in [-0.4, -0.2) is 0 Å². The summed E-state index contributed by atoms with van der Waals surface area (Å²) in [5.74, 6) is 1.68. The zero-order chi connectivity index (χ0) is 19.1. The molecular formula is C24H23ClO2. The number of hydrogen-bond donors (Lipinski definition) is 0. The van der Waals surface area contributed by atoms with Crippen LogP contribution in [0.3, 0.4) is 0 Å². The van der Waals surface area contributed by atoms with E-state index in [0.717, 1.165) is 33.8 Å². The van der Waals surface area contributed by atoms with Crippen molar-refractivity contribution in [3.63, 3.8) is 0 Å². The second-order valence-electron chi connectivity index (χ2n) is 6.32. The van der Waals surface area contributed by atoms with Gasteiger partial charge in [0.2, 0.25) is 0 Å². The van der Waals surface area contributed by atoms with Crippen molar-refractivity contribution in [3.05, 3.63) is 102 Å². The van der Waals surface area contributed by atoms with Gasteiger partial charge in [0.1, 0.15) is 24.7 Å². The van der Waals surface area contributed by atoms with E-state index in [-0.39, 0.29) is 5.38 Å². The molecule has 0 saturated carbocycles. The third-order valence-corrected chi connectivity index (χ3v) is 4.55. The summed E-state index contributed by atoms with van der Waals surface area (Å²) < 4.78 is 11.7. The Morgan fingerprint density at radius 2 is 1.44 bits per heavy atom. The summed E-state index contributed by atoms with van der Waals surface area (Å²) >= 11 is 6.07. The molecule has 3 heteroatoms. The minimum atomic E-state index is 0.00672. The van der Waals surface area contributed by atoms with Crippen molar-refractivity contribution in [3.8, 4) is 11.5 Å². The number of alkyl halides is 1. The molecule has 0 radical (unpaired) electrons. The number of benzene rings is 3. The van der Waals surface area contributed by atoms with E-state index in [9.17, 15) is 0 Å². The van der Waals surface area contributed by atoms with Crippen LogP contribution in [-0.2, 0) is 13.2 Å². The predicted molar refractivity (Wildman–Crippen MR) is 112 cm³/mol. The topological polar surface area (TPSA) is 18.5 Å². The molecule has 0 aliphatic heterocycles. The lowest BCUT2D eigenvalue weighted by Crippen LogP contribution is -1.99. The molecule has 0 spiro atoms. The van der Waals surface area contributed by atoms with E-state index in [1.54, 1.807) is 6.08 Å². The molecule has 27 heavy (non-hydrogen) atoms. The van der Waals surface area contributed by atoms with Gasteiger partial charge in [-0.3, -0.25) is 0 Å². The summed E-state index contributed by atoms with van der Waals surface area (Å²) in [5.41, 5.74) is 4.31. The van der Waals surface area contributed by atoms with E-state index in [2.05, 4.69) is 30.8 Å². The van der Waals surface area contributed by atoms with E-state index >= 15 is 0 Å². The molecule has 3 rings (SSSR count). The molecular weight excluding hydrogens is 356 g/mol. The Kier molecular flexibility index (Phi) is 6.56. The van der Waals surface area contributed by atoms with E-state index in [1.165, 1.54) is 0 Å². The largest absolute Gasteiger partial charge is 0.489 e. The van der Waals surface area contributed by atoms with Crippen LogP contribution < -0.4 is 9.47 Å². The quantitative estimate of drug-likeness (QED) is 0.402. The highest BCUT2D eigenvalue weighted by molar-refractivity contribution is 6.20. The maximum absolute atomic E-state index is 6.07. The van der Waals surface area contributed by atoms with Gasteiger partial charge in [0, 0.05) is 5.56 Å². The number of ether oxygens (including phenoxy) is 2. The van der Waals surface area contributed by atoms with Gasteiger partial charge >= 0.3 is 0 Å². The minimum Gasteiger partial charge on any atom is -0.489 e. The van der Waals surface area contributed by atoms with Crippen LogP contribution >= 0.6 is 11.6 Å². The van der Waals surface area contributed by atoms with Crippen LogP contribution in [0.1, 0.15) is 34.6 Å². The molecule has 3 aromatic rings. The molecule has 1 atom stereocenters. The number of hydrogen-bond acceptors (Lipinski definition) is 2. The average Bonchev–Trinajstić information content (AvgIpc) is 2.72. The molecule has 138 valence electrons. The standard InChI is InChI=1S/C24H23ClO2/c1-3-21-6-4-5-7-24(21)27-17-20-10-8-19(9-11-20)16-26-23-14-12-22(13-15-23)18(2)25/h3-15,18H,1,16-17H2,2H3. The highest BCUT2D eigenvalue weighted by Gasteiger charge is 2.03. The molecule has 0 bridgehead atoms. The fourth-order valence-electron chi connectivity index (χ4n) is 2.67. The first kappa shape index (κ1) is 19.1. The summed E-state index contributed by atoms with van der Waals surface area (Å²) in [7, 11) is 0. The van der Waals surface area contributed by atoms with Gasteiger partial charge in [-0.05, 0) is 41.8 Å². The van der Waals surface area contributed by atoms with Crippen LogP contribution in [0, 0.1) is 0 Å². The highest BCUT2D eigenvalue weighted by atomic mass is 35.5. The Bertz CT molecular complexity index is 868. The van der Waals surface area contributed by atoms with Gasteiger partial charge in [0.05, 0.1) is 5.38 Å². The predicted octanol–water partition coefficient (Wildman–Crippen LogP) is 6.79. The minimum absolute atomic E-state index is 0.00672. The van der Waals surface area contributed by atoms with E-state index in [0.29, 0.717) is 13.2 Å². The molecule has 0 N–H and O–H groups in total. The molecule has 0 amide bonds. The first-order valence-electron chi connectivity index (χ1n) is 8.94. The lowest BCUT2D eigenvalue weighted by Gasteiger charge is -2.11. The zero-order valence-corrected chi connectivity index (χ0v) is 16.2. The summed E-state index contributed by atoms with van der Waals surface area (Å²) in [6.45, 7) is 6.82. The molecule has 0 aromatic heterocycles. The van der Waals surface area contributed by atoms with Crippen molar-refractivity contribution in [1.82, 2.24) is 0 Å². The molecule has 0 fully saturated rings. The van der Waals surface area contributed by atoms with Crippen molar-refractivity contribution in [2.45, 2.75) is 25.5 Å². The Morgan fingerprint density at radius 3 is 2.04 bits per heavy atom. The Hall–Kier alpha value is -2.71. The first-order valence-corrected chi connectivity index (χ1v) is 9.38. The second-order valence-corrected chi connectivity index (χ2v) is 6.98. The van der Waals surface area contributed by atoms with Gasteiger partial charge in [0.25, 0.3) is 0 Å². The van der Waals surface area contributed by atoms with Crippen LogP contribution in [0.5, 0.6) is 11.5 Å². The third-order valence-electron chi connectivity index (χ3n) is 4.30. The van der Waals surface area contributed by atoms with Gasteiger partial charge in [0.15, 0.2) is 0 Å². The van der Waals surface area contributed by atoms with Crippen LogP contribution in [0.2, 0.25) is 0 Å². The van der Waals surface area contributed by atoms with Crippen LogP contribution in [0.15, 0.2) is 79.4 Å². The van der Waals surface area contributed by atoms with Crippen molar-refractivity contribution in [2.24, 2.45) is 0 Å². The van der Waals surface area contributed by atoms with E-state index in [1.807, 2.05) is 55.5 Å². The van der Waals surface area contributed by atoms with Crippen LogP contribution in [0.4, 0.5) is 0 Å². The maximum atomic E-state index is 6.07. The molecule has 3 aromatic carbocycles. The summed E-state index contributed by atoms with van der Waals surface area (Å²) in [5, 5.41) is 0.00672. The Labute approximate surface area is 166 Å². The molecule has 0 saturated heterocycles. The monoisotopic (exact) mass is 378 g/mol. The maximum Gasteiger partial charge on any atom is 0.127 e. The van der Waals surface area contributed by atoms with Crippen molar-refractivity contribution >= 4 is 17.7 Å². The Balaban J connectivity index is 1.53. The van der Waals surface area contributed by atoms with Gasteiger partial charge in [-0.2, -0.15) is 0 Å².